The Morgan fingerprint density at radius 3 is 2.69 bits per heavy atom. The molecule has 5 heteroatoms. The normalized spacial score (nSPS) is 15.7. The Balaban J connectivity index is 2.35. The van der Waals surface area contributed by atoms with Gasteiger partial charge in [-0.15, -0.1) is 0 Å². The summed E-state index contributed by atoms with van der Waals surface area (Å²) in [6, 6.07) is 2.48. The van der Waals surface area contributed by atoms with E-state index < -0.39 is 11.6 Å². The Bertz CT molecular complexity index is 434. The molecule has 1 aliphatic rings. The lowest BCUT2D eigenvalue weighted by Gasteiger charge is -2.17. The van der Waals surface area contributed by atoms with Crippen molar-refractivity contribution in [1.29, 1.82) is 0 Å². The zero-order valence-electron chi connectivity index (χ0n) is 8.80. The topological polar surface area (TPSA) is 29.5 Å². The predicted octanol–water partition coefficient (Wildman–Crippen LogP) is 1.75. The van der Waals surface area contributed by atoms with Gasteiger partial charge in [-0.2, -0.15) is 4.39 Å². The van der Waals surface area contributed by atoms with Crippen molar-refractivity contribution in [2.75, 3.05) is 25.1 Å². The van der Waals surface area contributed by atoms with Crippen LogP contribution < -0.4 is 9.64 Å². The minimum Gasteiger partial charge on any atom is -0.493 e. The van der Waals surface area contributed by atoms with Crippen molar-refractivity contribution in [2.45, 2.75) is 6.42 Å². The van der Waals surface area contributed by atoms with Gasteiger partial charge in [0.25, 0.3) is 0 Å². The smallest absolute Gasteiger partial charge is 0.200 e. The number of hydrogen-bond acceptors (Lipinski definition) is 3. The quantitative estimate of drug-likeness (QED) is 0.771. The van der Waals surface area contributed by atoms with Crippen LogP contribution in [-0.2, 0) is 4.79 Å². The first-order chi connectivity index (χ1) is 7.61. The van der Waals surface area contributed by atoms with E-state index in [1.54, 1.807) is 4.90 Å². The summed E-state index contributed by atoms with van der Waals surface area (Å²) >= 11 is 0. The lowest BCUT2D eigenvalue weighted by molar-refractivity contribution is -0.116. The van der Waals surface area contributed by atoms with E-state index in [9.17, 15) is 13.6 Å². The third-order valence-corrected chi connectivity index (χ3v) is 2.59. The molecule has 1 fully saturated rings. The van der Waals surface area contributed by atoms with Crippen LogP contribution in [0, 0.1) is 11.6 Å². The van der Waals surface area contributed by atoms with Crippen molar-refractivity contribution in [3.8, 4) is 5.75 Å². The summed E-state index contributed by atoms with van der Waals surface area (Å²) in [5, 5.41) is 0. The number of ether oxygens (including phenoxy) is 1. The van der Waals surface area contributed by atoms with Crippen LogP contribution in [0.4, 0.5) is 14.5 Å². The Kier molecular flexibility index (Phi) is 2.77. The molecule has 1 aromatic carbocycles. The average molecular weight is 227 g/mol. The van der Waals surface area contributed by atoms with Crippen LogP contribution in [0.15, 0.2) is 12.1 Å². The van der Waals surface area contributed by atoms with Crippen LogP contribution in [0.1, 0.15) is 6.42 Å². The Morgan fingerprint density at radius 1 is 1.38 bits per heavy atom. The van der Waals surface area contributed by atoms with Crippen molar-refractivity contribution < 1.29 is 18.3 Å². The number of carbonyl (C=O) groups excluding carboxylic acids is 1. The van der Waals surface area contributed by atoms with Crippen molar-refractivity contribution in [1.82, 2.24) is 0 Å². The van der Waals surface area contributed by atoms with Gasteiger partial charge in [0.15, 0.2) is 17.3 Å². The molecular weight excluding hydrogens is 216 g/mol. The second-order valence-corrected chi connectivity index (χ2v) is 3.65. The maximum Gasteiger partial charge on any atom is 0.200 e. The Hall–Kier alpha value is -1.65. The van der Waals surface area contributed by atoms with Gasteiger partial charge < -0.3 is 9.64 Å². The van der Waals surface area contributed by atoms with Gasteiger partial charge in [0, 0.05) is 30.8 Å². The number of halogens is 2. The molecule has 3 nitrogen and oxygen atoms in total. The van der Waals surface area contributed by atoms with Gasteiger partial charge in [-0.1, -0.05) is 0 Å². The van der Waals surface area contributed by atoms with Gasteiger partial charge >= 0.3 is 0 Å². The zero-order chi connectivity index (χ0) is 11.7. The highest BCUT2D eigenvalue weighted by atomic mass is 19.2. The number of ketones is 1. The van der Waals surface area contributed by atoms with Crippen LogP contribution in [0.5, 0.6) is 5.75 Å². The van der Waals surface area contributed by atoms with E-state index in [0.29, 0.717) is 18.7 Å². The lowest BCUT2D eigenvalue weighted by Crippen LogP contribution is -2.19. The molecule has 1 heterocycles. The van der Waals surface area contributed by atoms with Crippen molar-refractivity contribution >= 4 is 11.5 Å². The number of hydrogen-bond donors (Lipinski definition) is 0. The number of nitrogens with zero attached hydrogens (tertiary/aromatic N) is 1. The van der Waals surface area contributed by atoms with Crippen LogP contribution in [0.3, 0.4) is 0 Å². The highest BCUT2D eigenvalue weighted by Crippen LogP contribution is 2.28. The van der Waals surface area contributed by atoms with Gasteiger partial charge in [-0.05, 0) is 0 Å². The summed E-state index contributed by atoms with van der Waals surface area (Å²) in [7, 11) is 1.27. The molecule has 0 saturated carbocycles. The Labute approximate surface area is 91.6 Å². The fourth-order valence-corrected chi connectivity index (χ4v) is 1.73. The first-order valence-corrected chi connectivity index (χ1v) is 4.91. The van der Waals surface area contributed by atoms with Crippen LogP contribution in [-0.4, -0.2) is 26.0 Å². The molecule has 0 radical (unpaired) electrons. The second-order valence-electron chi connectivity index (χ2n) is 3.65. The molecule has 0 amide bonds. The van der Waals surface area contributed by atoms with Crippen molar-refractivity contribution in [3.05, 3.63) is 23.8 Å². The number of rotatable bonds is 2. The predicted molar refractivity (Wildman–Crippen MR) is 54.7 cm³/mol. The minimum atomic E-state index is -1.00. The molecule has 1 aromatic rings. The van der Waals surface area contributed by atoms with E-state index in [2.05, 4.69) is 0 Å². The molecule has 0 unspecified atom stereocenters. The number of carbonyl (C=O) groups is 1. The molecule has 1 aliphatic heterocycles. The van der Waals surface area contributed by atoms with Gasteiger partial charge in [-0.25, -0.2) is 4.39 Å². The summed E-state index contributed by atoms with van der Waals surface area (Å²) in [5.74, 6) is -2.01. The van der Waals surface area contributed by atoms with E-state index >= 15 is 0 Å². The molecule has 86 valence electrons. The maximum absolute atomic E-state index is 13.2. The monoisotopic (exact) mass is 227 g/mol. The summed E-state index contributed by atoms with van der Waals surface area (Å²) in [5.41, 5.74) is 0.474. The van der Waals surface area contributed by atoms with Crippen LogP contribution >= 0.6 is 0 Å². The second kappa shape index (κ2) is 4.08. The van der Waals surface area contributed by atoms with Crippen molar-refractivity contribution in [2.24, 2.45) is 0 Å². The molecular formula is C11H11F2NO2. The highest BCUT2D eigenvalue weighted by Gasteiger charge is 2.22. The number of benzene rings is 1. The van der Waals surface area contributed by atoms with Gasteiger partial charge in [0.1, 0.15) is 0 Å². The van der Waals surface area contributed by atoms with Gasteiger partial charge in [0.05, 0.1) is 13.7 Å². The first kappa shape index (κ1) is 10.9. The number of anilines is 1. The van der Waals surface area contributed by atoms with E-state index in [1.165, 1.54) is 13.2 Å². The first-order valence-electron chi connectivity index (χ1n) is 4.91. The molecule has 0 spiro atoms. The van der Waals surface area contributed by atoms with E-state index in [1.807, 2.05) is 0 Å². The van der Waals surface area contributed by atoms with Crippen molar-refractivity contribution in [3.63, 3.8) is 0 Å². The average Bonchev–Trinajstić information content (AvgIpc) is 2.69. The Morgan fingerprint density at radius 2 is 2.12 bits per heavy atom. The van der Waals surface area contributed by atoms with Gasteiger partial charge in [0.2, 0.25) is 5.82 Å². The maximum atomic E-state index is 13.2. The fourth-order valence-electron chi connectivity index (χ4n) is 1.73. The summed E-state index contributed by atoms with van der Waals surface area (Å²) in [6.07, 6.45) is 0.446. The molecule has 0 aliphatic carbocycles. The highest BCUT2D eigenvalue weighted by molar-refractivity contribution is 5.87. The van der Waals surface area contributed by atoms with E-state index in [0.717, 1.165) is 6.07 Å². The third kappa shape index (κ3) is 1.85. The number of methoxy groups -OCH3 is 1. The largest absolute Gasteiger partial charge is 0.493 e. The van der Waals surface area contributed by atoms with Gasteiger partial charge in [-0.3, -0.25) is 4.79 Å². The van der Waals surface area contributed by atoms with Crippen LogP contribution in [0.25, 0.3) is 0 Å². The lowest BCUT2D eigenvalue weighted by atomic mass is 10.2. The fraction of sp³-hybridized carbons (Fsp3) is 0.364. The molecule has 1 saturated heterocycles. The SMILES string of the molecule is COc1cc(N2CCC(=O)C2)cc(F)c1F. The standard InChI is InChI=1S/C11H11F2NO2/c1-16-10-5-7(4-9(12)11(10)13)14-3-2-8(15)6-14/h4-5H,2-3,6H2,1H3. The number of Topliss-reactive ketones (excluding diaryl/α,β-unsaturated/α-hetero) is 1. The molecule has 0 aromatic heterocycles. The third-order valence-electron chi connectivity index (χ3n) is 2.59. The van der Waals surface area contributed by atoms with E-state index in [4.69, 9.17) is 4.74 Å². The molecule has 2 rings (SSSR count). The summed E-state index contributed by atoms with van der Waals surface area (Å²) < 4.78 is 31.1. The molecule has 0 N–H and O–H groups in total. The summed E-state index contributed by atoms with van der Waals surface area (Å²) in [6.45, 7) is 0.779. The zero-order valence-corrected chi connectivity index (χ0v) is 8.80. The molecule has 0 bridgehead atoms. The summed E-state index contributed by atoms with van der Waals surface area (Å²) in [4.78, 5) is 12.8. The van der Waals surface area contributed by atoms with Crippen LogP contribution in [0.2, 0.25) is 0 Å². The van der Waals surface area contributed by atoms with E-state index in [-0.39, 0.29) is 18.1 Å². The molecule has 16 heavy (non-hydrogen) atoms. The molecule has 0 atom stereocenters. The minimum absolute atomic E-state index is 0.101.